The van der Waals surface area contributed by atoms with Gasteiger partial charge in [0.15, 0.2) is 0 Å². The Balaban J connectivity index is 0.000000192. The average molecular weight is 675 g/mol. The molecule has 0 saturated heterocycles. The predicted octanol–water partition coefficient (Wildman–Crippen LogP) is 6.18. The number of carboxylic acids is 2. The molecule has 0 spiro atoms. The van der Waals surface area contributed by atoms with Gasteiger partial charge in [0.1, 0.15) is 23.0 Å². The smallest absolute Gasteiger partial charge is 0.545 e. The van der Waals surface area contributed by atoms with Crippen LogP contribution in [0.25, 0.3) is 0 Å². The van der Waals surface area contributed by atoms with E-state index in [0.717, 1.165) is 83.4 Å². The summed E-state index contributed by atoms with van der Waals surface area (Å²) in [6, 6.07) is 22.9. The van der Waals surface area contributed by atoms with Crippen molar-refractivity contribution in [2.75, 3.05) is 0 Å². The molecule has 0 radical (unpaired) electrons. The van der Waals surface area contributed by atoms with E-state index >= 15 is 0 Å². The first kappa shape index (κ1) is 32.3. The molecular weight excluding hydrogens is 641 g/mol. The molecule has 0 amide bonds. The standard InChI is InChI=1S/2C18H18O3.Cd/c2*1-2-3-6-12-9-10-16-14(17(12)18(19)20)11-13-7-4-5-8-15(13)21-16;/h2*4-5,7-10H,2-3,6,11H2,1H3,(H,19,20);/q;;+2/p-2. The molecule has 7 heteroatoms. The Bertz CT molecular complexity index is 1510. The van der Waals surface area contributed by atoms with Crippen LogP contribution in [0.4, 0.5) is 0 Å². The minimum atomic E-state index is -1.11. The summed E-state index contributed by atoms with van der Waals surface area (Å²) >= 11 is 0. The molecule has 0 N–H and O–H groups in total. The summed E-state index contributed by atoms with van der Waals surface area (Å²) < 4.78 is 11.7. The number of aromatic carboxylic acids is 2. The van der Waals surface area contributed by atoms with Crippen molar-refractivity contribution in [3.05, 3.63) is 117 Å². The van der Waals surface area contributed by atoms with E-state index in [1.807, 2.05) is 72.8 Å². The number of carboxylic acid groups (broad SMARTS) is 2. The number of hydrogen-bond acceptors (Lipinski definition) is 6. The molecule has 2 aliphatic rings. The van der Waals surface area contributed by atoms with Gasteiger partial charge in [-0.05, 0) is 72.2 Å². The Labute approximate surface area is 272 Å². The molecule has 6 nitrogen and oxygen atoms in total. The van der Waals surface area contributed by atoms with E-state index in [1.165, 1.54) is 0 Å². The van der Waals surface area contributed by atoms with Gasteiger partial charge in [-0.2, -0.15) is 0 Å². The first-order valence-electron chi connectivity index (χ1n) is 14.6. The topological polar surface area (TPSA) is 98.7 Å². The third-order valence-electron chi connectivity index (χ3n) is 7.84. The third kappa shape index (κ3) is 7.12. The second kappa shape index (κ2) is 14.7. The van der Waals surface area contributed by atoms with E-state index in [1.54, 1.807) is 0 Å². The summed E-state index contributed by atoms with van der Waals surface area (Å²) in [5, 5.41) is 23.2. The zero-order chi connectivity index (χ0) is 29.6. The van der Waals surface area contributed by atoms with E-state index in [0.29, 0.717) is 35.5 Å². The number of carbonyl (C=O) groups excluding carboxylic acids is 2. The Kier molecular flexibility index (Phi) is 11.0. The summed E-state index contributed by atoms with van der Waals surface area (Å²) in [5.41, 5.74) is 5.83. The molecule has 216 valence electrons. The molecule has 0 saturated carbocycles. The van der Waals surface area contributed by atoms with Crippen molar-refractivity contribution in [1.82, 2.24) is 0 Å². The molecule has 0 bridgehead atoms. The number of fused-ring (bicyclic) bond motifs is 4. The average Bonchev–Trinajstić information content (AvgIpc) is 3.00. The number of aryl methyl sites for hydroxylation is 2. The van der Waals surface area contributed by atoms with Gasteiger partial charge in [-0.25, -0.2) is 0 Å². The van der Waals surface area contributed by atoms with Crippen molar-refractivity contribution in [1.29, 1.82) is 0 Å². The Morgan fingerprint density at radius 2 is 1.00 bits per heavy atom. The van der Waals surface area contributed by atoms with Crippen LogP contribution in [0.2, 0.25) is 0 Å². The van der Waals surface area contributed by atoms with Gasteiger partial charge in [-0.1, -0.05) is 75.2 Å². The van der Waals surface area contributed by atoms with Gasteiger partial charge >= 0.3 is 27.3 Å². The Morgan fingerprint density at radius 1 is 0.605 bits per heavy atom. The number of benzene rings is 4. The van der Waals surface area contributed by atoms with Crippen molar-refractivity contribution in [3.63, 3.8) is 0 Å². The monoisotopic (exact) mass is 676 g/mol. The van der Waals surface area contributed by atoms with Crippen LogP contribution in [-0.2, 0) is 53.0 Å². The van der Waals surface area contributed by atoms with E-state index in [2.05, 4.69) is 13.8 Å². The maximum Gasteiger partial charge on any atom is 2.00 e. The SMILES string of the molecule is CCCCc1ccc2c(c1C(=O)[O-])Cc1ccccc1O2.CCCCc1ccc2c(c1C(=O)[O-])Cc1ccccc1O2.[Cd+2]. The van der Waals surface area contributed by atoms with Crippen LogP contribution < -0.4 is 19.7 Å². The van der Waals surface area contributed by atoms with Gasteiger partial charge in [0.2, 0.25) is 0 Å². The summed E-state index contributed by atoms with van der Waals surface area (Å²) in [6.45, 7) is 4.19. The van der Waals surface area contributed by atoms with Crippen LogP contribution in [0.5, 0.6) is 23.0 Å². The zero-order valence-electron chi connectivity index (χ0n) is 24.7. The van der Waals surface area contributed by atoms with Crippen LogP contribution in [0.1, 0.15) is 93.6 Å². The predicted molar refractivity (Wildman–Crippen MR) is 157 cm³/mol. The van der Waals surface area contributed by atoms with Crippen molar-refractivity contribution in [3.8, 4) is 23.0 Å². The second-order valence-electron chi connectivity index (χ2n) is 10.7. The summed E-state index contributed by atoms with van der Waals surface area (Å²) in [7, 11) is 0. The van der Waals surface area contributed by atoms with Gasteiger partial charge < -0.3 is 29.3 Å². The number of para-hydroxylation sites is 2. The molecule has 0 aromatic heterocycles. The van der Waals surface area contributed by atoms with Crippen molar-refractivity contribution in [2.45, 2.75) is 65.2 Å². The summed E-state index contributed by atoms with van der Waals surface area (Å²) in [4.78, 5) is 23.2. The van der Waals surface area contributed by atoms with E-state index in [4.69, 9.17) is 9.47 Å². The van der Waals surface area contributed by atoms with Gasteiger partial charge in [0.25, 0.3) is 0 Å². The molecule has 43 heavy (non-hydrogen) atoms. The first-order chi connectivity index (χ1) is 20.4. The molecule has 2 heterocycles. The van der Waals surface area contributed by atoms with Crippen LogP contribution in [0.3, 0.4) is 0 Å². The van der Waals surface area contributed by atoms with Crippen LogP contribution >= 0.6 is 0 Å². The van der Waals surface area contributed by atoms with Gasteiger partial charge in [-0.15, -0.1) is 0 Å². The molecule has 2 aliphatic heterocycles. The Morgan fingerprint density at radius 3 is 1.37 bits per heavy atom. The minimum absolute atomic E-state index is 0. The first-order valence-corrected chi connectivity index (χ1v) is 14.6. The number of unbranched alkanes of at least 4 members (excludes halogenated alkanes) is 2. The molecule has 0 atom stereocenters. The normalized spacial score (nSPS) is 12.0. The molecule has 6 rings (SSSR count). The summed E-state index contributed by atoms with van der Waals surface area (Å²) in [6.07, 6.45) is 6.67. The number of hydrogen-bond donors (Lipinski definition) is 0. The number of carbonyl (C=O) groups is 2. The van der Waals surface area contributed by atoms with E-state index < -0.39 is 11.9 Å². The molecule has 4 aromatic carbocycles. The number of ether oxygens (including phenoxy) is 2. The maximum absolute atomic E-state index is 11.6. The van der Waals surface area contributed by atoms with Crippen molar-refractivity contribution < 1.29 is 56.6 Å². The van der Waals surface area contributed by atoms with E-state index in [9.17, 15) is 19.8 Å². The Hall–Kier alpha value is -3.66. The van der Waals surface area contributed by atoms with Gasteiger partial charge in [-0.3, -0.25) is 0 Å². The molecule has 4 aromatic rings. The van der Waals surface area contributed by atoms with Crippen LogP contribution in [0, 0.1) is 0 Å². The fourth-order valence-electron chi connectivity index (χ4n) is 5.67. The fraction of sp³-hybridized carbons (Fsp3) is 0.278. The third-order valence-corrected chi connectivity index (χ3v) is 7.84. The molecule has 0 unspecified atom stereocenters. The molecule has 0 fully saturated rings. The van der Waals surface area contributed by atoms with Gasteiger partial charge in [0, 0.05) is 35.1 Å². The zero-order valence-corrected chi connectivity index (χ0v) is 28.8. The minimum Gasteiger partial charge on any atom is -0.545 e. The number of rotatable bonds is 8. The van der Waals surface area contributed by atoms with Crippen molar-refractivity contribution >= 4 is 11.9 Å². The van der Waals surface area contributed by atoms with Crippen LogP contribution in [0.15, 0.2) is 72.8 Å². The second-order valence-corrected chi connectivity index (χ2v) is 10.7. The largest absolute Gasteiger partial charge is 2.00 e. The molecular formula is C36H34CdO6. The van der Waals surface area contributed by atoms with E-state index in [-0.39, 0.29) is 27.3 Å². The molecule has 0 aliphatic carbocycles. The maximum atomic E-state index is 11.6. The van der Waals surface area contributed by atoms with Crippen LogP contribution in [-0.4, -0.2) is 11.9 Å². The summed E-state index contributed by atoms with van der Waals surface area (Å²) in [5.74, 6) is 0.648. The fourth-order valence-corrected chi connectivity index (χ4v) is 5.67. The quantitative estimate of drug-likeness (QED) is 0.179. The van der Waals surface area contributed by atoms with Crippen molar-refractivity contribution in [2.24, 2.45) is 0 Å². The van der Waals surface area contributed by atoms with Gasteiger partial charge in [0.05, 0.1) is 11.9 Å².